The van der Waals surface area contributed by atoms with Gasteiger partial charge in [0.2, 0.25) is 0 Å². The van der Waals surface area contributed by atoms with Crippen molar-refractivity contribution in [3.05, 3.63) is 60.8 Å². The number of phosphoric ester groups is 1. The molecule has 9 heteroatoms. The summed E-state index contributed by atoms with van der Waals surface area (Å²) in [6.07, 6.45) is 48.1. The molecule has 0 saturated carbocycles. The molecule has 8 nitrogen and oxygen atoms in total. The predicted molar refractivity (Wildman–Crippen MR) is 216 cm³/mol. The first-order chi connectivity index (χ1) is 25.3. The van der Waals surface area contributed by atoms with Crippen LogP contribution in [0.25, 0.3) is 0 Å². The van der Waals surface area contributed by atoms with Crippen molar-refractivity contribution >= 4 is 19.8 Å². The lowest BCUT2D eigenvalue weighted by Crippen LogP contribution is -2.29. The maximum Gasteiger partial charge on any atom is 0.469 e. The lowest BCUT2D eigenvalue weighted by Gasteiger charge is -2.18. The van der Waals surface area contributed by atoms with Gasteiger partial charge in [-0.05, 0) is 51.4 Å². The van der Waals surface area contributed by atoms with E-state index in [9.17, 15) is 14.2 Å². The number of carbonyl (C=O) groups excluding carboxylic acids is 2. The van der Waals surface area contributed by atoms with Crippen LogP contribution in [0.1, 0.15) is 181 Å². The maximum atomic E-state index is 12.4. The first kappa shape index (κ1) is 49.8. The Morgan fingerprint density at radius 2 is 0.904 bits per heavy atom. The highest BCUT2D eigenvalue weighted by molar-refractivity contribution is 7.46. The van der Waals surface area contributed by atoms with Crippen LogP contribution >= 0.6 is 7.82 Å². The normalized spacial score (nSPS) is 13.1. The number of hydrogen-bond acceptors (Lipinski definition) is 6. The smallest absolute Gasteiger partial charge is 0.462 e. The molecule has 300 valence electrons. The van der Waals surface area contributed by atoms with Gasteiger partial charge in [0.25, 0.3) is 0 Å². The molecule has 0 radical (unpaired) electrons. The topological polar surface area (TPSA) is 119 Å². The highest BCUT2D eigenvalue weighted by atomic mass is 31.2. The van der Waals surface area contributed by atoms with Gasteiger partial charge in [-0.15, -0.1) is 0 Å². The Kier molecular flexibility index (Phi) is 36.8. The Morgan fingerprint density at radius 3 is 1.37 bits per heavy atom. The highest BCUT2D eigenvalue weighted by Gasteiger charge is 2.22. The van der Waals surface area contributed by atoms with Gasteiger partial charge in [0.15, 0.2) is 6.10 Å². The minimum absolute atomic E-state index is 0.0879. The van der Waals surface area contributed by atoms with Crippen LogP contribution in [0.3, 0.4) is 0 Å². The second-order valence-electron chi connectivity index (χ2n) is 13.6. The van der Waals surface area contributed by atoms with Crippen LogP contribution in [0, 0.1) is 0 Å². The van der Waals surface area contributed by atoms with E-state index in [4.69, 9.17) is 19.3 Å². The van der Waals surface area contributed by atoms with Crippen molar-refractivity contribution in [2.24, 2.45) is 0 Å². The molecule has 0 aliphatic carbocycles. The van der Waals surface area contributed by atoms with Gasteiger partial charge in [0, 0.05) is 12.8 Å². The summed E-state index contributed by atoms with van der Waals surface area (Å²) in [5.41, 5.74) is 0. The fraction of sp³-hybridized carbons (Fsp3) is 0.721. The van der Waals surface area contributed by atoms with Gasteiger partial charge in [0.05, 0.1) is 6.61 Å². The van der Waals surface area contributed by atoms with Gasteiger partial charge in [-0.1, -0.05) is 177 Å². The molecule has 0 unspecified atom stereocenters. The third kappa shape index (κ3) is 40.5. The quantitative estimate of drug-likeness (QED) is 0.0279. The van der Waals surface area contributed by atoms with Gasteiger partial charge in [-0.3, -0.25) is 14.1 Å². The zero-order valence-corrected chi connectivity index (χ0v) is 33.8. The SMILES string of the molecule is CCCCC/C=C\C/C=C\C/C=C\C/C=C\C/C=C\CCC(=O)O[C@H](COC(=O)CCCCCCCCCCCCCCCCC)COP(=O)(O)O. The van der Waals surface area contributed by atoms with E-state index in [2.05, 4.69) is 67.0 Å². The summed E-state index contributed by atoms with van der Waals surface area (Å²) in [5.74, 6) is -0.980. The number of allylic oxidation sites excluding steroid dienone is 10. The van der Waals surface area contributed by atoms with Gasteiger partial charge in [-0.2, -0.15) is 0 Å². The van der Waals surface area contributed by atoms with Crippen molar-refractivity contribution < 1.29 is 37.9 Å². The molecule has 0 aromatic rings. The lowest BCUT2D eigenvalue weighted by molar-refractivity contribution is -0.161. The molecule has 2 N–H and O–H groups in total. The molecule has 0 fully saturated rings. The summed E-state index contributed by atoms with van der Waals surface area (Å²) in [4.78, 5) is 42.8. The fourth-order valence-corrected chi connectivity index (χ4v) is 5.83. The minimum atomic E-state index is -4.77. The average Bonchev–Trinajstić information content (AvgIpc) is 3.11. The van der Waals surface area contributed by atoms with Crippen LogP contribution < -0.4 is 0 Å². The van der Waals surface area contributed by atoms with E-state index in [0.717, 1.165) is 38.5 Å². The first-order valence-electron chi connectivity index (χ1n) is 20.6. The van der Waals surface area contributed by atoms with Crippen LogP contribution in [0.15, 0.2) is 60.8 Å². The minimum Gasteiger partial charge on any atom is -0.462 e. The molecule has 0 aliphatic heterocycles. The Balaban J connectivity index is 4.06. The fourth-order valence-electron chi connectivity index (χ4n) is 5.47. The van der Waals surface area contributed by atoms with Crippen LogP contribution in [0.5, 0.6) is 0 Å². The van der Waals surface area contributed by atoms with Crippen molar-refractivity contribution in [2.75, 3.05) is 13.2 Å². The van der Waals surface area contributed by atoms with Crippen LogP contribution in [0.2, 0.25) is 0 Å². The van der Waals surface area contributed by atoms with Gasteiger partial charge in [0.1, 0.15) is 6.61 Å². The summed E-state index contributed by atoms with van der Waals surface area (Å²) < 4.78 is 26.3. The van der Waals surface area contributed by atoms with E-state index in [1.807, 2.05) is 12.2 Å². The number of esters is 2. The molecule has 0 heterocycles. The molecule has 52 heavy (non-hydrogen) atoms. The number of hydrogen-bond donors (Lipinski definition) is 2. The molecule has 0 aliphatic rings. The molecule has 0 amide bonds. The molecule has 0 rings (SSSR count). The van der Waals surface area contributed by atoms with Crippen molar-refractivity contribution in [1.82, 2.24) is 0 Å². The number of phosphoric acid groups is 1. The highest BCUT2D eigenvalue weighted by Crippen LogP contribution is 2.36. The monoisotopic (exact) mass is 751 g/mol. The van der Waals surface area contributed by atoms with Gasteiger partial charge >= 0.3 is 19.8 Å². The molecule has 0 aromatic carbocycles. The van der Waals surface area contributed by atoms with Crippen LogP contribution in [0.4, 0.5) is 0 Å². The first-order valence-corrected chi connectivity index (χ1v) is 22.1. The summed E-state index contributed by atoms with van der Waals surface area (Å²) in [6, 6.07) is 0. The largest absolute Gasteiger partial charge is 0.469 e. The Labute approximate surface area is 317 Å². The number of unbranched alkanes of at least 4 members (excludes halogenated alkanes) is 17. The van der Waals surface area contributed by atoms with E-state index in [-0.39, 0.29) is 19.4 Å². The Morgan fingerprint density at radius 1 is 0.500 bits per heavy atom. The predicted octanol–water partition coefficient (Wildman–Crippen LogP) is 12.5. The summed E-state index contributed by atoms with van der Waals surface area (Å²) >= 11 is 0. The van der Waals surface area contributed by atoms with E-state index in [0.29, 0.717) is 12.8 Å². The molecule has 0 saturated heterocycles. The average molecular weight is 751 g/mol. The van der Waals surface area contributed by atoms with Gasteiger partial charge in [-0.25, -0.2) is 4.57 Å². The van der Waals surface area contributed by atoms with E-state index in [1.54, 1.807) is 0 Å². The van der Waals surface area contributed by atoms with Crippen molar-refractivity contribution in [3.8, 4) is 0 Å². The number of rotatable bonds is 37. The number of ether oxygens (including phenoxy) is 2. The zero-order valence-electron chi connectivity index (χ0n) is 32.9. The lowest BCUT2D eigenvalue weighted by atomic mass is 10.0. The molecular weight excluding hydrogens is 675 g/mol. The summed E-state index contributed by atoms with van der Waals surface area (Å²) in [5, 5.41) is 0. The van der Waals surface area contributed by atoms with Crippen LogP contribution in [-0.2, 0) is 28.2 Å². The Hall–Kier alpha value is -2.25. The van der Waals surface area contributed by atoms with Crippen molar-refractivity contribution in [2.45, 2.75) is 187 Å². The third-order valence-electron chi connectivity index (χ3n) is 8.55. The second kappa shape index (κ2) is 38.5. The van der Waals surface area contributed by atoms with E-state index >= 15 is 0 Å². The summed E-state index contributed by atoms with van der Waals surface area (Å²) in [7, 11) is -4.77. The third-order valence-corrected chi connectivity index (χ3v) is 9.04. The second-order valence-corrected chi connectivity index (χ2v) is 14.9. The zero-order chi connectivity index (χ0) is 38.2. The van der Waals surface area contributed by atoms with Crippen molar-refractivity contribution in [3.63, 3.8) is 0 Å². The maximum absolute atomic E-state index is 12.4. The van der Waals surface area contributed by atoms with Crippen LogP contribution in [-0.4, -0.2) is 41.0 Å². The van der Waals surface area contributed by atoms with E-state index < -0.39 is 32.5 Å². The molecule has 0 spiro atoms. The van der Waals surface area contributed by atoms with Crippen molar-refractivity contribution in [1.29, 1.82) is 0 Å². The molecule has 0 aromatic heterocycles. The van der Waals surface area contributed by atoms with Gasteiger partial charge < -0.3 is 19.3 Å². The molecule has 0 bridgehead atoms. The van der Waals surface area contributed by atoms with E-state index in [1.165, 1.54) is 103 Å². The number of carbonyl (C=O) groups is 2. The molecular formula is C43H75O8P. The molecule has 1 atom stereocenters. The Bertz CT molecular complexity index is 1030. The summed E-state index contributed by atoms with van der Waals surface area (Å²) in [6.45, 7) is 3.60. The standard InChI is InChI=1S/C43H75O8P/c1-3-5-7-9-11-13-15-17-19-20-21-22-24-26-28-30-32-34-36-38-43(45)51-41(40-50-52(46,47)48)39-49-42(44)37-35-33-31-29-27-25-23-18-16-14-12-10-8-6-4-2/h11,13,17,19,21-22,26,28,32,34,41H,3-10,12,14-16,18,20,23-25,27,29-31,33,35-40H2,1-2H3,(H2,46,47,48)/b13-11-,19-17-,22-21-,28-26-,34-32-/t41-/m1/s1.